The van der Waals surface area contributed by atoms with E-state index >= 15 is 0 Å². The van der Waals surface area contributed by atoms with Gasteiger partial charge in [-0.15, -0.1) is 11.3 Å². The summed E-state index contributed by atoms with van der Waals surface area (Å²) in [6, 6.07) is 8.02. The third-order valence-electron chi connectivity index (χ3n) is 6.37. The molecule has 2 aromatic carbocycles. The van der Waals surface area contributed by atoms with E-state index in [-0.39, 0.29) is 12.2 Å². The summed E-state index contributed by atoms with van der Waals surface area (Å²) in [4.78, 5) is 15.8. The summed E-state index contributed by atoms with van der Waals surface area (Å²) in [5, 5.41) is 12.1. The largest absolute Gasteiger partial charge is 0.497 e. The number of thiazole rings is 1. The Kier molecular flexibility index (Phi) is 6.88. The predicted octanol–water partition coefficient (Wildman–Crippen LogP) is 4.68. The molecule has 0 saturated heterocycles. The second-order valence-electron chi connectivity index (χ2n) is 9.27. The van der Waals surface area contributed by atoms with E-state index in [2.05, 4.69) is 4.98 Å². The summed E-state index contributed by atoms with van der Waals surface area (Å²) >= 11 is 1.26. The fourth-order valence-electron chi connectivity index (χ4n) is 4.30. The highest BCUT2D eigenvalue weighted by molar-refractivity contribution is 7.89. The molecule has 0 aliphatic heterocycles. The van der Waals surface area contributed by atoms with Crippen LogP contribution in [0.5, 0.6) is 5.75 Å². The minimum atomic E-state index is -4.22. The lowest BCUT2D eigenvalue weighted by Crippen LogP contribution is -2.14. The Bertz CT molecular complexity index is 1660. The highest BCUT2D eigenvalue weighted by Crippen LogP contribution is 2.39. The van der Waals surface area contributed by atoms with Crippen molar-refractivity contribution in [2.75, 3.05) is 7.11 Å². The number of sulfonamides is 1. The van der Waals surface area contributed by atoms with Gasteiger partial charge in [-0.05, 0) is 55.0 Å². The maximum Gasteiger partial charge on any atom is 0.240 e. The Morgan fingerprint density at radius 2 is 1.97 bits per heavy atom. The van der Waals surface area contributed by atoms with Crippen molar-refractivity contribution in [3.63, 3.8) is 0 Å². The predicted molar refractivity (Wildman–Crippen MR) is 138 cm³/mol. The normalized spacial score (nSPS) is 13.6. The number of rotatable bonds is 9. The van der Waals surface area contributed by atoms with Gasteiger partial charge in [0.25, 0.3) is 0 Å². The molecule has 0 radical (unpaired) electrons. The molecule has 38 heavy (non-hydrogen) atoms. The smallest absolute Gasteiger partial charge is 0.240 e. The lowest BCUT2D eigenvalue weighted by Gasteiger charge is -2.10. The first kappa shape index (κ1) is 26.1. The molecule has 8 nitrogen and oxygen atoms in total. The van der Waals surface area contributed by atoms with Gasteiger partial charge in [-0.1, -0.05) is 6.07 Å². The quantitative estimate of drug-likeness (QED) is 0.298. The van der Waals surface area contributed by atoms with Crippen LogP contribution < -0.4 is 9.88 Å². The Morgan fingerprint density at radius 3 is 2.58 bits per heavy atom. The Morgan fingerprint density at radius 1 is 1.21 bits per heavy atom. The molecule has 2 N–H and O–H groups in total. The van der Waals surface area contributed by atoms with E-state index in [9.17, 15) is 22.0 Å². The number of carbonyl (C=O) groups excluding carboxylic acids is 1. The maximum atomic E-state index is 14.7. The van der Waals surface area contributed by atoms with E-state index < -0.39 is 26.6 Å². The summed E-state index contributed by atoms with van der Waals surface area (Å²) in [6.45, 7) is 1.43. The van der Waals surface area contributed by atoms with Crippen molar-refractivity contribution in [3.05, 3.63) is 75.9 Å². The van der Waals surface area contributed by atoms with Crippen LogP contribution in [-0.4, -0.2) is 36.1 Å². The Labute approximate surface area is 222 Å². The summed E-state index contributed by atoms with van der Waals surface area (Å²) in [5.41, 5.74) is 3.23. The summed E-state index contributed by atoms with van der Waals surface area (Å²) < 4.78 is 59.6. The number of methoxy groups -OCH3 is 1. The van der Waals surface area contributed by atoms with Crippen LogP contribution in [0.4, 0.5) is 8.78 Å². The SMILES string of the molecule is COc1cc(F)cc(-c2nn(-c3nc(C(C)=O)cs3)c(CC3CC3)c2Cc2ccc(S(N)(=O)=O)c(F)c2)c1. The number of carbonyl (C=O) groups is 1. The topological polar surface area (TPSA) is 117 Å². The Hall–Kier alpha value is -3.48. The van der Waals surface area contributed by atoms with Crippen molar-refractivity contribution in [2.24, 2.45) is 11.1 Å². The van der Waals surface area contributed by atoms with Crippen LogP contribution in [0.15, 0.2) is 46.7 Å². The van der Waals surface area contributed by atoms with Gasteiger partial charge in [0.15, 0.2) is 5.78 Å². The van der Waals surface area contributed by atoms with Crippen LogP contribution in [0, 0.1) is 17.6 Å². The lowest BCUT2D eigenvalue weighted by molar-refractivity contribution is 0.101. The number of hydrogen-bond donors (Lipinski definition) is 1. The number of primary sulfonamides is 1. The molecule has 5 rings (SSSR count). The molecule has 2 aromatic heterocycles. The van der Waals surface area contributed by atoms with E-state index in [4.69, 9.17) is 15.0 Å². The van der Waals surface area contributed by atoms with E-state index in [1.807, 2.05) is 0 Å². The number of benzene rings is 2. The van der Waals surface area contributed by atoms with Gasteiger partial charge in [-0.2, -0.15) is 5.10 Å². The molecular formula is C26H24F2N4O4S2. The molecule has 12 heteroatoms. The first-order chi connectivity index (χ1) is 18.0. The number of ether oxygens (including phenoxy) is 1. The lowest BCUT2D eigenvalue weighted by atomic mass is 9.96. The van der Waals surface area contributed by atoms with E-state index in [1.165, 1.54) is 43.6 Å². The number of aromatic nitrogens is 3. The zero-order valence-electron chi connectivity index (χ0n) is 20.6. The molecule has 1 saturated carbocycles. The van der Waals surface area contributed by atoms with Gasteiger partial charge in [0.1, 0.15) is 28.0 Å². The number of hydrogen-bond acceptors (Lipinski definition) is 7. The van der Waals surface area contributed by atoms with Crippen LogP contribution >= 0.6 is 11.3 Å². The number of halogens is 2. The molecule has 1 fully saturated rings. The second-order valence-corrected chi connectivity index (χ2v) is 11.6. The minimum Gasteiger partial charge on any atom is -0.497 e. The standard InChI is InChI=1S/C26H24F2N4O4S2/c1-14(33)22-13-37-26(30-22)32-23(9-15-3-4-15)20(7-16-5-6-24(21(28)8-16)38(29,34)35)25(31-32)17-10-18(27)12-19(11-17)36-2/h5-6,8,10-13,15H,3-4,7,9H2,1-2H3,(H2,29,34,35). The van der Waals surface area contributed by atoms with Gasteiger partial charge in [0.2, 0.25) is 15.2 Å². The highest BCUT2D eigenvalue weighted by Gasteiger charge is 2.29. The van der Waals surface area contributed by atoms with Gasteiger partial charge in [-0.3, -0.25) is 4.79 Å². The van der Waals surface area contributed by atoms with Gasteiger partial charge in [0.05, 0.1) is 18.5 Å². The third kappa shape index (κ3) is 5.38. The number of Topliss-reactive ketones (excluding diaryl/α,β-unsaturated/α-hetero) is 1. The molecule has 0 spiro atoms. The van der Waals surface area contributed by atoms with Gasteiger partial charge in [-0.25, -0.2) is 32.0 Å². The zero-order chi connectivity index (χ0) is 27.2. The molecule has 4 aromatic rings. The minimum absolute atomic E-state index is 0.177. The van der Waals surface area contributed by atoms with E-state index in [0.717, 1.165) is 30.7 Å². The molecular weight excluding hydrogens is 534 g/mol. The zero-order valence-corrected chi connectivity index (χ0v) is 22.2. The van der Waals surface area contributed by atoms with Crippen molar-refractivity contribution >= 4 is 27.1 Å². The number of ketones is 1. The van der Waals surface area contributed by atoms with Crippen molar-refractivity contribution in [2.45, 2.75) is 37.5 Å². The van der Waals surface area contributed by atoms with Crippen molar-refractivity contribution in [1.82, 2.24) is 14.8 Å². The molecule has 1 aliphatic rings. The monoisotopic (exact) mass is 558 g/mol. The average Bonchev–Trinajstić information content (AvgIpc) is 3.40. The van der Waals surface area contributed by atoms with Crippen molar-refractivity contribution < 1.29 is 26.7 Å². The van der Waals surface area contributed by atoms with Crippen LogP contribution in [0.1, 0.15) is 47.1 Å². The highest BCUT2D eigenvalue weighted by atomic mass is 32.2. The molecule has 0 amide bonds. The summed E-state index contributed by atoms with van der Waals surface area (Å²) in [6.07, 6.45) is 2.93. The molecule has 2 heterocycles. The van der Waals surface area contributed by atoms with Crippen LogP contribution in [0.25, 0.3) is 16.4 Å². The average molecular weight is 559 g/mol. The maximum absolute atomic E-state index is 14.7. The van der Waals surface area contributed by atoms with Crippen molar-refractivity contribution in [1.29, 1.82) is 0 Å². The molecule has 0 unspecified atom stereocenters. The molecule has 0 atom stereocenters. The first-order valence-corrected chi connectivity index (χ1v) is 14.2. The molecule has 1 aliphatic carbocycles. The fraction of sp³-hybridized carbons (Fsp3) is 0.269. The van der Waals surface area contributed by atoms with Crippen LogP contribution in [0.2, 0.25) is 0 Å². The molecule has 198 valence electrons. The third-order valence-corrected chi connectivity index (χ3v) is 8.13. The van der Waals surface area contributed by atoms with Gasteiger partial charge in [0, 0.05) is 35.9 Å². The van der Waals surface area contributed by atoms with Crippen LogP contribution in [-0.2, 0) is 22.9 Å². The number of nitrogens with zero attached hydrogens (tertiary/aromatic N) is 3. The summed E-state index contributed by atoms with van der Waals surface area (Å²) in [5.74, 6) is -0.917. The van der Waals surface area contributed by atoms with Gasteiger partial charge >= 0.3 is 0 Å². The van der Waals surface area contributed by atoms with Crippen LogP contribution in [0.3, 0.4) is 0 Å². The first-order valence-electron chi connectivity index (χ1n) is 11.8. The summed E-state index contributed by atoms with van der Waals surface area (Å²) in [7, 11) is -2.78. The number of nitrogens with two attached hydrogens (primary N) is 1. The van der Waals surface area contributed by atoms with Crippen molar-refractivity contribution in [3.8, 4) is 22.1 Å². The fourth-order valence-corrected chi connectivity index (χ4v) is 5.72. The van der Waals surface area contributed by atoms with E-state index in [1.54, 1.807) is 16.1 Å². The second kappa shape index (κ2) is 10.0. The molecule has 0 bridgehead atoms. The van der Waals surface area contributed by atoms with E-state index in [0.29, 0.717) is 51.3 Å². The Balaban J connectivity index is 1.70. The van der Waals surface area contributed by atoms with Gasteiger partial charge < -0.3 is 4.74 Å².